The van der Waals surface area contributed by atoms with Crippen molar-refractivity contribution in [2.24, 2.45) is 0 Å². The van der Waals surface area contributed by atoms with Gasteiger partial charge in [-0.2, -0.15) is 11.8 Å². The van der Waals surface area contributed by atoms with Gasteiger partial charge in [0.05, 0.1) is 0 Å². The van der Waals surface area contributed by atoms with Crippen molar-refractivity contribution in [3.63, 3.8) is 0 Å². The Morgan fingerprint density at radius 1 is 1.00 bits per heavy atom. The molecule has 1 heterocycles. The van der Waals surface area contributed by atoms with Crippen LogP contribution in [0.15, 0.2) is 24.3 Å². The molecule has 3 rings (SSSR count). The van der Waals surface area contributed by atoms with Crippen molar-refractivity contribution in [2.75, 3.05) is 11.5 Å². The average molecular weight is 176 g/mol. The fourth-order valence-corrected chi connectivity index (χ4v) is 3.86. The maximum atomic E-state index is 2.33. The smallest absolute Gasteiger partial charge is 0.000201 e. The molecule has 1 aliphatic carbocycles. The van der Waals surface area contributed by atoms with Gasteiger partial charge in [0, 0.05) is 11.5 Å². The first kappa shape index (κ1) is 7.02. The number of fused-ring (bicyclic) bond motifs is 5. The van der Waals surface area contributed by atoms with Crippen LogP contribution >= 0.6 is 11.8 Å². The molecule has 2 aliphatic rings. The summed E-state index contributed by atoms with van der Waals surface area (Å²) in [6.45, 7) is 0. The van der Waals surface area contributed by atoms with E-state index in [1.165, 1.54) is 17.9 Å². The first-order valence-corrected chi connectivity index (χ1v) is 5.77. The molecule has 0 amide bonds. The Morgan fingerprint density at radius 3 is 2.17 bits per heavy atom. The van der Waals surface area contributed by atoms with Crippen molar-refractivity contribution in [2.45, 2.75) is 18.3 Å². The Bertz CT molecular complexity index is 277. The first-order chi connectivity index (χ1) is 5.95. The second-order valence-electron chi connectivity index (χ2n) is 3.80. The van der Waals surface area contributed by atoms with Crippen LogP contribution in [0.4, 0.5) is 0 Å². The summed E-state index contributed by atoms with van der Waals surface area (Å²) in [5.41, 5.74) is 3.29. The Kier molecular flexibility index (Phi) is 1.48. The number of thioether (sulfide) groups is 1. The molecule has 0 nitrogen and oxygen atoms in total. The number of rotatable bonds is 0. The first-order valence-electron chi connectivity index (χ1n) is 4.62. The zero-order valence-electron chi connectivity index (χ0n) is 6.99. The molecule has 1 heteroatoms. The fourth-order valence-electron chi connectivity index (χ4n) is 2.52. The molecule has 2 bridgehead atoms. The Balaban J connectivity index is 2.16. The second-order valence-corrected chi connectivity index (χ2v) is 4.87. The van der Waals surface area contributed by atoms with Crippen molar-refractivity contribution < 1.29 is 0 Å². The van der Waals surface area contributed by atoms with Crippen molar-refractivity contribution in [1.29, 1.82) is 0 Å². The molecule has 0 unspecified atom stereocenters. The molecular weight excluding hydrogens is 164 g/mol. The molecule has 0 spiro atoms. The van der Waals surface area contributed by atoms with E-state index in [4.69, 9.17) is 0 Å². The molecule has 1 aromatic carbocycles. The van der Waals surface area contributed by atoms with Crippen LogP contribution in [-0.2, 0) is 0 Å². The molecule has 1 fully saturated rings. The van der Waals surface area contributed by atoms with E-state index in [0.29, 0.717) is 0 Å². The van der Waals surface area contributed by atoms with Crippen LogP contribution in [0.2, 0.25) is 0 Å². The third kappa shape index (κ3) is 0.861. The van der Waals surface area contributed by atoms with Gasteiger partial charge in [-0.25, -0.2) is 0 Å². The molecule has 0 radical (unpaired) electrons. The highest BCUT2D eigenvalue weighted by molar-refractivity contribution is 7.99. The van der Waals surface area contributed by atoms with Crippen LogP contribution in [0.1, 0.15) is 29.4 Å². The Hall–Kier alpha value is -0.430. The SMILES string of the molecule is c1ccc2c(c1)[C@@H]1CSC[C@@H]2C1. The molecule has 12 heavy (non-hydrogen) atoms. The molecule has 2 atom stereocenters. The van der Waals surface area contributed by atoms with Gasteiger partial charge in [0.25, 0.3) is 0 Å². The number of hydrogen-bond donors (Lipinski definition) is 0. The van der Waals surface area contributed by atoms with E-state index in [0.717, 1.165) is 11.8 Å². The maximum absolute atomic E-state index is 2.33. The summed E-state index contributed by atoms with van der Waals surface area (Å²) in [5.74, 6) is 4.47. The fraction of sp³-hybridized carbons (Fsp3) is 0.455. The highest BCUT2D eigenvalue weighted by Crippen LogP contribution is 2.48. The third-order valence-electron chi connectivity index (χ3n) is 3.08. The molecule has 0 N–H and O–H groups in total. The van der Waals surface area contributed by atoms with Gasteiger partial charge in [-0.05, 0) is 29.4 Å². The van der Waals surface area contributed by atoms with Gasteiger partial charge in [-0.3, -0.25) is 0 Å². The van der Waals surface area contributed by atoms with Crippen molar-refractivity contribution in [1.82, 2.24) is 0 Å². The van der Waals surface area contributed by atoms with Gasteiger partial charge in [0.1, 0.15) is 0 Å². The minimum absolute atomic E-state index is 0.880. The van der Waals surface area contributed by atoms with E-state index < -0.39 is 0 Å². The molecule has 62 valence electrons. The van der Waals surface area contributed by atoms with Gasteiger partial charge < -0.3 is 0 Å². The monoisotopic (exact) mass is 176 g/mol. The molecule has 1 aliphatic heterocycles. The minimum atomic E-state index is 0.880. The van der Waals surface area contributed by atoms with Gasteiger partial charge in [-0.15, -0.1) is 0 Å². The molecule has 1 saturated heterocycles. The van der Waals surface area contributed by atoms with E-state index in [1.807, 2.05) is 0 Å². The summed E-state index contributed by atoms with van der Waals surface area (Å²) in [5, 5.41) is 0. The number of benzene rings is 1. The van der Waals surface area contributed by atoms with Gasteiger partial charge in [0.2, 0.25) is 0 Å². The lowest BCUT2D eigenvalue weighted by Crippen LogP contribution is -2.06. The Morgan fingerprint density at radius 2 is 1.58 bits per heavy atom. The van der Waals surface area contributed by atoms with E-state index in [1.54, 1.807) is 11.1 Å². The van der Waals surface area contributed by atoms with Gasteiger partial charge in [0.15, 0.2) is 0 Å². The van der Waals surface area contributed by atoms with Gasteiger partial charge in [-0.1, -0.05) is 24.3 Å². The Labute approximate surface area is 77.4 Å². The topological polar surface area (TPSA) is 0 Å². The van der Waals surface area contributed by atoms with E-state index in [2.05, 4.69) is 36.0 Å². The van der Waals surface area contributed by atoms with Crippen LogP contribution < -0.4 is 0 Å². The van der Waals surface area contributed by atoms with Crippen LogP contribution in [0.5, 0.6) is 0 Å². The summed E-state index contributed by atoms with van der Waals surface area (Å²) in [4.78, 5) is 0. The maximum Gasteiger partial charge on any atom is 0.000201 e. The lowest BCUT2D eigenvalue weighted by Gasteiger charge is -2.17. The standard InChI is InChI=1S/C11H12S/c1-2-4-11-9-5-8(6-12-7-9)10(11)3-1/h1-4,8-9H,5-7H2/t8-,9-/m0/s1. The van der Waals surface area contributed by atoms with Gasteiger partial charge >= 0.3 is 0 Å². The zero-order valence-corrected chi connectivity index (χ0v) is 7.81. The third-order valence-corrected chi connectivity index (χ3v) is 4.36. The van der Waals surface area contributed by atoms with E-state index in [9.17, 15) is 0 Å². The molecule has 1 aromatic rings. The van der Waals surface area contributed by atoms with Crippen molar-refractivity contribution in [3.8, 4) is 0 Å². The van der Waals surface area contributed by atoms with Crippen LogP contribution in [-0.4, -0.2) is 11.5 Å². The summed E-state index contributed by atoms with van der Waals surface area (Å²) in [7, 11) is 0. The average Bonchev–Trinajstić information content (AvgIpc) is 2.41. The van der Waals surface area contributed by atoms with Crippen LogP contribution in [0.25, 0.3) is 0 Å². The zero-order chi connectivity index (χ0) is 7.97. The summed E-state index contributed by atoms with van der Waals surface area (Å²) in [6.07, 6.45) is 1.42. The minimum Gasteiger partial charge on any atom is -0.161 e. The largest absolute Gasteiger partial charge is 0.161 e. The van der Waals surface area contributed by atoms with Crippen LogP contribution in [0, 0.1) is 0 Å². The van der Waals surface area contributed by atoms with Crippen molar-refractivity contribution >= 4 is 11.8 Å². The second kappa shape index (κ2) is 2.53. The summed E-state index contributed by atoms with van der Waals surface area (Å²) >= 11 is 2.13. The lowest BCUT2D eigenvalue weighted by molar-refractivity contribution is 0.655. The highest BCUT2D eigenvalue weighted by Gasteiger charge is 2.33. The molecule has 0 aromatic heterocycles. The predicted molar refractivity (Wildman–Crippen MR) is 53.9 cm³/mol. The van der Waals surface area contributed by atoms with E-state index in [-0.39, 0.29) is 0 Å². The van der Waals surface area contributed by atoms with Crippen LogP contribution in [0.3, 0.4) is 0 Å². The van der Waals surface area contributed by atoms with E-state index >= 15 is 0 Å². The molecular formula is C11H12S. The van der Waals surface area contributed by atoms with Crippen molar-refractivity contribution in [3.05, 3.63) is 35.4 Å². The number of hydrogen-bond acceptors (Lipinski definition) is 1. The highest BCUT2D eigenvalue weighted by atomic mass is 32.2. The quantitative estimate of drug-likeness (QED) is 0.585. The molecule has 0 saturated carbocycles. The normalized spacial score (nSPS) is 31.7. The summed E-state index contributed by atoms with van der Waals surface area (Å²) < 4.78 is 0. The predicted octanol–water partition coefficient (Wildman–Crippen LogP) is 3.00. The lowest BCUT2D eigenvalue weighted by atomic mass is 10.0. The summed E-state index contributed by atoms with van der Waals surface area (Å²) in [6, 6.07) is 9.02.